The number of likely N-dealkylation sites (tertiary alicyclic amines) is 1. The molecule has 0 aromatic carbocycles. The summed E-state index contributed by atoms with van der Waals surface area (Å²) in [5.74, 6) is -2.78. The third-order valence-corrected chi connectivity index (χ3v) is 10.8. The molecule has 1 heterocycles. The Morgan fingerprint density at radius 1 is 1.04 bits per heavy atom. The molecule has 5 amide bonds. The molecule has 0 aromatic rings. The third-order valence-electron chi connectivity index (χ3n) is 9.72. The second-order valence-corrected chi connectivity index (χ2v) is 17.1. The van der Waals surface area contributed by atoms with Crippen LogP contribution in [0.25, 0.3) is 0 Å². The first-order valence-corrected chi connectivity index (χ1v) is 18.1. The summed E-state index contributed by atoms with van der Waals surface area (Å²) in [5.41, 5.74) is -1.87. The van der Waals surface area contributed by atoms with E-state index in [1.54, 1.807) is 0 Å². The molecule has 254 valence electrons. The summed E-state index contributed by atoms with van der Waals surface area (Å²) in [4.78, 5) is 68.4. The van der Waals surface area contributed by atoms with Crippen LogP contribution in [0.4, 0.5) is 4.79 Å². The molecule has 0 aromatic heterocycles. The molecule has 0 bridgehead atoms. The molecule has 1 saturated heterocycles. The van der Waals surface area contributed by atoms with E-state index < -0.39 is 68.5 Å². The van der Waals surface area contributed by atoms with E-state index in [2.05, 4.69) is 27.8 Å². The summed E-state index contributed by atoms with van der Waals surface area (Å²) in [6.45, 7) is 15.3. The average molecular weight is 652 g/mol. The lowest BCUT2D eigenvalue weighted by Gasteiger charge is -2.40. The van der Waals surface area contributed by atoms with Crippen LogP contribution in [-0.2, 0) is 29.0 Å². The van der Waals surface area contributed by atoms with Crippen molar-refractivity contribution in [2.24, 2.45) is 22.7 Å². The van der Waals surface area contributed by atoms with E-state index in [4.69, 9.17) is 0 Å². The molecule has 0 spiro atoms. The van der Waals surface area contributed by atoms with Crippen LogP contribution in [0.1, 0.15) is 86.5 Å². The molecule has 45 heavy (non-hydrogen) atoms. The van der Waals surface area contributed by atoms with Crippen LogP contribution in [0.15, 0.2) is 12.7 Å². The Hall–Kier alpha value is -2.96. The third kappa shape index (κ3) is 8.65. The van der Waals surface area contributed by atoms with Gasteiger partial charge in [0.05, 0.1) is 17.3 Å². The lowest BCUT2D eigenvalue weighted by atomic mass is 9.83. The Labute approximate surface area is 268 Å². The zero-order valence-electron chi connectivity index (χ0n) is 28.0. The number of piperidine rings is 1. The monoisotopic (exact) mass is 651 g/mol. The number of hydrogen-bond acceptors (Lipinski definition) is 7. The largest absolute Gasteiger partial charge is 0.346 e. The van der Waals surface area contributed by atoms with Gasteiger partial charge in [0.1, 0.15) is 21.9 Å². The highest BCUT2D eigenvalue weighted by molar-refractivity contribution is 7.90. The van der Waals surface area contributed by atoms with Gasteiger partial charge >= 0.3 is 6.03 Å². The Morgan fingerprint density at radius 3 is 2.20 bits per heavy atom. The summed E-state index contributed by atoms with van der Waals surface area (Å²) in [6.07, 6.45) is 7.00. The van der Waals surface area contributed by atoms with Crippen LogP contribution in [0.2, 0.25) is 0 Å². The minimum absolute atomic E-state index is 0.0585. The number of carbonyl (C=O) groups excluding carboxylic acids is 5. The smallest absolute Gasteiger partial charge is 0.315 e. The van der Waals surface area contributed by atoms with Crippen molar-refractivity contribution in [3.8, 4) is 0 Å². The Morgan fingerprint density at radius 2 is 1.67 bits per heavy atom. The first-order chi connectivity index (χ1) is 20.8. The first-order valence-electron chi connectivity index (χ1n) is 16.1. The van der Waals surface area contributed by atoms with Gasteiger partial charge in [-0.25, -0.2) is 13.2 Å². The number of ketones is 1. The number of amides is 5. The Balaban J connectivity index is 1.83. The SMILES string of the molecule is C=CCNC(=O)C(=O)C(CCC)NC(=O)C1C2C(CN1C(=O)[C@@H](NC(=O)NC1(CS(C)(=O)=O)CCCCC1)C(C)(C)C)C2(C)C. The van der Waals surface area contributed by atoms with Crippen molar-refractivity contribution in [3.05, 3.63) is 12.7 Å². The number of nitrogens with one attached hydrogen (secondary N) is 4. The van der Waals surface area contributed by atoms with Crippen LogP contribution in [0.3, 0.4) is 0 Å². The molecule has 3 fully saturated rings. The van der Waals surface area contributed by atoms with E-state index in [0.717, 1.165) is 25.5 Å². The molecule has 5 atom stereocenters. The van der Waals surface area contributed by atoms with Crippen molar-refractivity contribution in [3.63, 3.8) is 0 Å². The Bertz CT molecular complexity index is 1280. The van der Waals surface area contributed by atoms with Gasteiger partial charge in [-0.3, -0.25) is 19.2 Å². The minimum Gasteiger partial charge on any atom is -0.346 e. The van der Waals surface area contributed by atoms with E-state index in [1.165, 1.54) is 11.0 Å². The van der Waals surface area contributed by atoms with Gasteiger partial charge in [-0.05, 0) is 41.9 Å². The number of nitrogens with zero attached hydrogens (tertiary/aromatic N) is 1. The number of urea groups is 1. The highest BCUT2D eigenvalue weighted by atomic mass is 32.2. The topological polar surface area (TPSA) is 171 Å². The lowest BCUT2D eigenvalue weighted by molar-refractivity contribution is -0.145. The van der Waals surface area contributed by atoms with E-state index in [1.807, 2.05) is 41.5 Å². The maximum atomic E-state index is 14.3. The molecule has 0 radical (unpaired) electrons. The number of sulfone groups is 1. The molecule has 3 rings (SSSR count). The van der Waals surface area contributed by atoms with Crippen LogP contribution in [0, 0.1) is 22.7 Å². The molecule has 2 aliphatic carbocycles. The van der Waals surface area contributed by atoms with E-state index in [9.17, 15) is 32.4 Å². The first kappa shape index (κ1) is 36.5. The number of carbonyl (C=O) groups is 5. The van der Waals surface area contributed by atoms with Crippen LogP contribution in [0.5, 0.6) is 0 Å². The fourth-order valence-electron chi connectivity index (χ4n) is 7.30. The van der Waals surface area contributed by atoms with Crippen molar-refractivity contribution in [2.45, 2.75) is 110 Å². The van der Waals surface area contributed by atoms with Gasteiger partial charge in [0.25, 0.3) is 5.91 Å². The normalized spacial score (nSPS) is 24.8. The standard InChI is InChI=1S/C32H53N5O7S/c1-9-14-21(24(38)27(40)33-17-10-2)34-26(39)23-22-20(31(22,6)7)18-37(23)28(41)25(30(3,4)5)35-29(42)36-32(19-45(8,43)44)15-12-11-13-16-32/h10,20-23,25H,2,9,11-19H2,1,3-8H3,(H,33,40)(H,34,39)(H2,35,36,42)/t20?,21?,22?,23?,25-/m1/s1. The van der Waals surface area contributed by atoms with Crippen molar-refractivity contribution < 1.29 is 32.4 Å². The van der Waals surface area contributed by atoms with Crippen molar-refractivity contribution >= 4 is 39.4 Å². The van der Waals surface area contributed by atoms with Gasteiger partial charge in [0, 0.05) is 19.3 Å². The summed E-state index contributed by atoms with van der Waals surface area (Å²) in [5, 5.41) is 11.0. The maximum absolute atomic E-state index is 14.3. The minimum atomic E-state index is -3.39. The molecule has 3 aliphatic rings. The number of Topliss-reactive ketones (excluding diaryl/α,β-unsaturated/α-hetero) is 1. The zero-order valence-corrected chi connectivity index (χ0v) is 28.8. The number of rotatable bonds is 13. The molecule has 12 nitrogen and oxygen atoms in total. The molecule has 2 saturated carbocycles. The second-order valence-electron chi connectivity index (χ2n) is 14.9. The van der Waals surface area contributed by atoms with Crippen LogP contribution in [-0.4, -0.2) is 91.6 Å². The van der Waals surface area contributed by atoms with Crippen molar-refractivity contribution in [1.82, 2.24) is 26.2 Å². The highest BCUT2D eigenvalue weighted by Gasteiger charge is 2.70. The summed E-state index contributed by atoms with van der Waals surface area (Å²) in [6, 6.07) is -3.58. The van der Waals surface area contributed by atoms with Crippen molar-refractivity contribution in [1.29, 1.82) is 0 Å². The summed E-state index contributed by atoms with van der Waals surface area (Å²) in [7, 11) is -3.39. The van der Waals surface area contributed by atoms with E-state index in [0.29, 0.717) is 25.8 Å². The molecule has 1 aliphatic heterocycles. The molecule has 4 unspecified atom stereocenters. The second kappa shape index (κ2) is 13.8. The van der Waals surface area contributed by atoms with Gasteiger partial charge in [-0.1, -0.05) is 73.3 Å². The quantitative estimate of drug-likeness (QED) is 0.175. The highest BCUT2D eigenvalue weighted by Crippen LogP contribution is 2.65. The predicted molar refractivity (Wildman–Crippen MR) is 172 cm³/mol. The number of fused-ring (bicyclic) bond motifs is 1. The fourth-order valence-corrected chi connectivity index (χ4v) is 8.66. The average Bonchev–Trinajstić information content (AvgIpc) is 3.25. The molecular weight excluding hydrogens is 598 g/mol. The van der Waals surface area contributed by atoms with Crippen LogP contribution >= 0.6 is 0 Å². The molecular formula is C32H53N5O7S. The fraction of sp³-hybridized carbons (Fsp3) is 0.781. The number of hydrogen-bond donors (Lipinski definition) is 4. The van der Waals surface area contributed by atoms with Crippen molar-refractivity contribution in [2.75, 3.05) is 25.1 Å². The van der Waals surface area contributed by atoms with E-state index >= 15 is 0 Å². The maximum Gasteiger partial charge on any atom is 0.315 e. The van der Waals surface area contributed by atoms with Crippen LogP contribution < -0.4 is 21.3 Å². The summed E-state index contributed by atoms with van der Waals surface area (Å²) >= 11 is 0. The van der Waals surface area contributed by atoms with Gasteiger partial charge in [-0.15, -0.1) is 6.58 Å². The molecule has 4 N–H and O–H groups in total. The zero-order chi connectivity index (χ0) is 34.0. The lowest BCUT2D eigenvalue weighted by Crippen LogP contribution is -2.63. The Kier molecular flexibility index (Phi) is 11.2. The summed E-state index contributed by atoms with van der Waals surface area (Å²) < 4.78 is 24.5. The predicted octanol–water partition coefficient (Wildman–Crippen LogP) is 2.09. The van der Waals surface area contributed by atoms with Gasteiger partial charge in [0.2, 0.25) is 17.6 Å². The van der Waals surface area contributed by atoms with Gasteiger partial charge in [-0.2, -0.15) is 0 Å². The molecule has 13 heteroatoms. The van der Waals surface area contributed by atoms with Gasteiger partial charge < -0.3 is 26.2 Å². The van der Waals surface area contributed by atoms with Gasteiger partial charge in [0.15, 0.2) is 0 Å². The van der Waals surface area contributed by atoms with E-state index in [-0.39, 0.29) is 36.0 Å².